The molecule has 1 amide bonds. The predicted molar refractivity (Wildman–Crippen MR) is 86.5 cm³/mol. The molecule has 116 valence electrons. The third-order valence-electron chi connectivity index (χ3n) is 4.00. The molecule has 1 saturated carbocycles. The van der Waals surface area contributed by atoms with E-state index in [9.17, 15) is 9.59 Å². The first kappa shape index (κ1) is 15.0. The molecule has 2 aromatic rings. The zero-order valence-electron chi connectivity index (χ0n) is 12.5. The number of anilines is 1. The van der Waals surface area contributed by atoms with Crippen molar-refractivity contribution in [2.24, 2.45) is 0 Å². The van der Waals surface area contributed by atoms with Gasteiger partial charge in [0, 0.05) is 22.6 Å². The van der Waals surface area contributed by atoms with Crippen LogP contribution in [0.3, 0.4) is 0 Å². The zero-order chi connectivity index (χ0) is 15.5. The Kier molecular flexibility index (Phi) is 4.38. The van der Waals surface area contributed by atoms with Gasteiger partial charge in [0.15, 0.2) is 11.6 Å². The van der Waals surface area contributed by atoms with E-state index < -0.39 is 0 Å². The lowest BCUT2D eigenvalue weighted by Gasteiger charge is -2.03. The second kappa shape index (κ2) is 6.44. The highest BCUT2D eigenvalue weighted by atomic mass is 32.1. The summed E-state index contributed by atoms with van der Waals surface area (Å²) in [4.78, 5) is 24.9. The standard InChI is InChI=1S/C16H19N3O2S/c1-10(20)14-7-6-12(22-14)8-16(21)17-15-9-13(18-19-15)11-4-2-3-5-11/h6-7,9,11H,2-5,8H2,1H3,(H2,17,18,19,21). The molecule has 3 rings (SSSR count). The molecule has 0 aliphatic heterocycles. The quantitative estimate of drug-likeness (QED) is 0.829. The number of aromatic amines is 1. The molecule has 0 unspecified atom stereocenters. The van der Waals surface area contributed by atoms with Gasteiger partial charge in [0.2, 0.25) is 5.91 Å². The number of carbonyl (C=O) groups excluding carboxylic acids is 2. The number of nitrogens with one attached hydrogen (secondary N) is 2. The summed E-state index contributed by atoms with van der Waals surface area (Å²) in [6, 6.07) is 5.53. The van der Waals surface area contributed by atoms with Crippen molar-refractivity contribution in [2.75, 3.05) is 5.32 Å². The van der Waals surface area contributed by atoms with Gasteiger partial charge < -0.3 is 5.32 Å². The molecule has 0 spiro atoms. The van der Waals surface area contributed by atoms with Crippen LogP contribution in [0.2, 0.25) is 0 Å². The Labute approximate surface area is 133 Å². The van der Waals surface area contributed by atoms with Crippen LogP contribution >= 0.6 is 11.3 Å². The number of hydrogen-bond acceptors (Lipinski definition) is 4. The molecule has 0 radical (unpaired) electrons. The van der Waals surface area contributed by atoms with Crippen LogP contribution in [0.5, 0.6) is 0 Å². The Morgan fingerprint density at radius 3 is 2.82 bits per heavy atom. The van der Waals surface area contributed by atoms with Gasteiger partial charge in [-0.15, -0.1) is 11.3 Å². The van der Waals surface area contributed by atoms with Crippen molar-refractivity contribution in [2.45, 2.75) is 44.9 Å². The van der Waals surface area contributed by atoms with Crippen LogP contribution in [-0.4, -0.2) is 21.9 Å². The summed E-state index contributed by atoms with van der Waals surface area (Å²) >= 11 is 1.37. The summed E-state index contributed by atoms with van der Waals surface area (Å²) in [5, 5.41) is 10.0. The third kappa shape index (κ3) is 3.44. The Morgan fingerprint density at radius 1 is 1.36 bits per heavy atom. The van der Waals surface area contributed by atoms with Gasteiger partial charge in [-0.25, -0.2) is 0 Å². The van der Waals surface area contributed by atoms with Crippen LogP contribution in [0.4, 0.5) is 5.82 Å². The number of thiophene rings is 1. The van der Waals surface area contributed by atoms with Crippen molar-refractivity contribution in [3.63, 3.8) is 0 Å². The van der Waals surface area contributed by atoms with Gasteiger partial charge in [-0.3, -0.25) is 14.7 Å². The van der Waals surface area contributed by atoms with E-state index in [-0.39, 0.29) is 18.1 Å². The fraction of sp³-hybridized carbons (Fsp3) is 0.438. The van der Waals surface area contributed by atoms with Gasteiger partial charge in [0.1, 0.15) is 0 Å². The Morgan fingerprint density at radius 2 is 2.14 bits per heavy atom. The van der Waals surface area contributed by atoms with Crippen LogP contribution in [0.25, 0.3) is 0 Å². The average molecular weight is 317 g/mol. The van der Waals surface area contributed by atoms with E-state index in [0.29, 0.717) is 16.6 Å². The largest absolute Gasteiger partial charge is 0.309 e. The van der Waals surface area contributed by atoms with Gasteiger partial charge in [-0.2, -0.15) is 5.10 Å². The predicted octanol–water partition coefficient (Wildman–Crippen LogP) is 3.51. The summed E-state index contributed by atoms with van der Waals surface area (Å²) in [6.45, 7) is 1.53. The number of hydrogen-bond donors (Lipinski definition) is 2. The highest BCUT2D eigenvalue weighted by molar-refractivity contribution is 7.14. The maximum Gasteiger partial charge on any atom is 0.230 e. The van der Waals surface area contributed by atoms with Crippen LogP contribution in [0.1, 0.15) is 58.8 Å². The molecule has 2 N–H and O–H groups in total. The molecule has 0 atom stereocenters. The number of carbonyl (C=O) groups is 2. The molecule has 0 bridgehead atoms. The first-order chi connectivity index (χ1) is 10.6. The zero-order valence-corrected chi connectivity index (χ0v) is 13.3. The van der Waals surface area contributed by atoms with Crippen molar-refractivity contribution in [3.8, 4) is 0 Å². The first-order valence-corrected chi connectivity index (χ1v) is 8.38. The second-order valence-electron chi connectivity index (χ2n) is 5.74. The fourth-order valence-electron chi connectivity index (χ4n) is 2.85. The number of aromatic nitrogens is 2. The van der Waals surface area contributed by atoms with Crippen LogP contribution in [-0.2, 0) is 11.2 Å². The van der Waals surface area contributed by atoms with Gasteiger partial charge in [0.05, 0.1) is 11.3 Å². The van der Waals surface area contributed by atoms with Gasteiger partial charge >= 0.3 is 0 Å². The van der Waals surface area contributed by atoms with E-state index in [1.165, 1.54) is 43.9 Å². The van der Waals surface area contributed by atoms with E-state index in [1.54, 1.807) is 6.07 Å². The minimum Gasteiger partial charge on any atom is -0.309 e. The Hall–Kier alpha value is -1.95. The number of amides is 1. The fourth-order valence-corrected chi connectivity index (χ4v) is 3.76. The normalized spacial score (nSPS) is 15.1. The van der Waals surface area contributed by atoms with Crippen LogP contribution in [0, 0.1) is 0 Å². The number of nitrogens with zero attached hydrogens (tertiary/aromatic N) is 1. The van der Waals surface area contributed by atoms with E-state index in [0.717, 1.165) is 10.6 Å². The molecule has 1 fully saturated rings. The number of rotatable bonds is 5. The highest BCUT2D eigenvalue weighted by Crippen LogP contribution is 2.33. The summed E-state index contributed by atoms with van der Waals surface area (Å²) in [5.74, 6) is 1.05. The second-order valence-corrected chi connectivity index (χ2v) is 6.91. The molecular formula is C16H19N3O2S. The van der Waals surface area contributed by atoms with Crippen molar-refractivity contribution < 1.29 is 9.59 Å². The smallest absolute Gasteiger partial charge is 0.230 e. The maximum atomic E-state index is 12.0. The molecule has 2 heterocycles. The van der Waals surface area contributed by atoms with Crippen LogP contribution in [0.15, 0.2) is 18.2 Å². The average Bonchev–Trinajstić information content (AvgIpc) is 3.18. The minimum atomic E-state index is -0.110. The number of H-pyrrole nitrogens is 1. The van der Waals surface area contributed by atoms with Crippen molar-refractivity contribution in [1.82, 2.24) is 10.2 Å². The lowest BCUT2D eigenvalue weighted by molar-refractivity contribution is -0.115. The van der Waals surface area contributed by atoms with Gasteiger partial charge in [0.25, 0.3) is 0 Å². The molecule has 0 aromatic carbocycles. The molecule has 1 aliphatic rings. The van der Waals surface area contributed by atoms with E-state index in [2.05, 4.69) is 15.5 Å². The lowest BCUT2D eigenvalue weighted by Crippen LogP contribution is -2.13. The number of ketones is 1. The SMILES string of the molecule is CC(=O)c1ccc(CC(=O)Nc2cc(C3CCCC3)[nH]n2)s1. The molecule has 22 heavy (non-hydrogen) atoms. The van der Waals surface area contributed by atoms with Crippen molar-refractivity contribution in [3.05, 3.63) is 33.6 Å². The van der Waals surface area contributed by atoms with Crippen molar-refractivity contribution in [1.29, 1.82) is 0 Å². The van der Waals surface area contributed by atoms with Gasteiger partial charge in [-0.05, 0) is 31.9 Å². The van der Waals surface area contributed by atoms with Gasteiger partial charge in [-0.1, -0.05) is 12.8 Å². The monoisotopic (exact) mass is 317 g/mol. The summed E-state index contributed by atoms with van der Waals surface area (Å²) in [7, 11) is 0. The topological polar surface area (TPSA) is 74.8 Å². The highest BCUT2D eigenvalue weighted by Gasteiger charge is 2.19. The summed E-state index contributed by atoms with van der Waals surface area (Å²) < 4.78 is 0. The summed E-state index contributed by atoms with van der Waals surface area (Å²) in [6.07, 6.45) is 5.19. The van der Waals surface area contributed by atoms with E-state index >= 15 is 0 Å². The van der Waals surface area contributed by atoms with Crippen LogP contribution < -0.4 is 5.32 Å². The first-order valence-electron chi connectivity index (χ1n) is 7.56. The maximum absolute atomic E-state index is 12.0. The summed E-state index contributed by atoms with van der Waals surface area (Å²) in [5.41, 5.74) is 1.11. The molecule has 0 saturated heterocycles. The molecule has 5 nitrogen and oxygen atoms in total. The van der Waals surface area contributed by atoms with E-state index in [1.807, 2.05) is 12.1 Å². The Balaban J connectivity index is 1.58. The molecular weight excluding hydrogens is 298 g/mol. The van der Waals surface area contributed by atoms with Crippen molar-refractivity contribution >= 4 is 28.8 Å². The van der Waals surface area contributed by atoms with E-state index in [4.69, 9.17) is 0 Å². The third-order valence-corrected chi connectivity index (χ3v) is 5.19. The number of Topliss-reactive ketones (excluding diaryl/α,β-unsaturated/α-hetero) is 1. The molecule has 1 aliphatic carbocycles. The molecule has 6 heteroatoms. The lowest BCUT2D eigenvalue weighted by atomic mass is 10.0. The minimum absolute atomic E-state index is 0.0326. The molecule has 2 aromatic heterocycles. The Bertz CT molecular complexity index is 683.